The monoisotopic (exact) mass is 445 g/mol. The van der Waals surface area contributed by atoms with Crippen LogP contribution in [0.4, 0.5) is 17.1 Å². The first kappa shape index (κ1) is 20.0. The lowest BCUT2D eigenvalue weighted by atomic mass is 9.78. The summed E-state index contributed by atoms with van der Waals surface area (Å²) in [5.41, 5.74) is 5.99. The van der Waals surface area contributed by atoms with Crippen LogP contribution in [0, 0.1) is 0 Å². The van der Waals surface area contributed by atoms with Gasteiger partial charge in [-0.15, -0.1) is 11.3 Å². The van der Waals surface area contributed by atoms with E-state index in [2.05, 4.69) is 73.3 Å². The van der Waals surface area contributed by atoms with Gasteiger partial charge in [-0.2, -0.15) is 0 Å². The van der Waals surface area contributed by atoms with E-state index in [1.807, 2.05) is 59.9 Å². The standard InChI is InChI=1S/C30H23NOS/c1-30(2)24-16-7-8-17-25(24)31(27-23-15-6-9-18-26(23)33-29(27)30)22-14-10-13-21(19-22)28(32)20-11-4-3-5-12-20/h3-19H,1-2H3. The second-order valence-electron chi connectivity index (χ2n) is 9.00. The van der Waals surface area contributed by atoms with Crippen molar-refractivity contribution in [3.63, 3.8) is 0 Å². The predicted molar refractivity (Wildman–Crippen MR) is 139 cm³/mol. The van der Waals surface area contributed by atoms with E-state index in [0.717, 1.165) is 5.69 Å². The smallest absolute Gasteiger partial charge is 0.193 e. The second-order valence-corrected chi connectivity index (χ2v) is 10.1. The fourth-order valence-corrected chi connectivity index (χ4v) is 6.23. The number of anilines is 3. The summed E-state index contributed by atoms with van der Waals surface area (Å²) >= 11 is 1.87. The molecule has 0 N–H and O–H groups in total. The highest BCUT2D eigenvalue weighted by molar-refractivity contribution is 7.20. The second kappa shape index (κ2) is 7.43. The third-order valence-electron chi connectivity index (χ3n) is 6.58. The van der Waals surface area contributed by atoms with Crippen LogP contribution in [0.2, 0.25) is 0 Å². The van der Waals surface area contributed by atoms with Crippen LogP contribution >= 0.6 is 11.3 Å². The number of para-hydroxylation sites is 1. The Labute approximate surface area is 197 Å². The molecule has 33 heavy (non-hydrogen) atoms. The predicted octanol–water partition coefficient (Wildman–Crippen LogP) is 8.24. The topological polar surface area (TPSA) is 20.3 Å². The molecule has 3 heteroatoms. The fourth-order valence-electron chi connectivity index (χ4n) is 4.93. The van der Waals surface area contributed by atoms with Crippen molar-refractivity contribution in [2.45, 2.75) is 19.3 Å². The minimum Gasteiger partial charge on any atom is -0.308 e. The van der Waals surface area contributed by atoms with Crippen LogP contribution in [0.25, 0.3) is 10.1 Å². The maximum absolute atomic E-state index is 13.2. The lowest BCUT2D eigenvalue weighted by Gasteiger charge is -2.40. The van der Waals surface area contributed by atoms with E-state index >= 15 is 0 Å². The molecule has 5 aromatic rings. The van der Waals surface area contributed by atoms with Gasteiger partial charge in [-0.25, -0.2) is 0 Å². The van der Waals surface area contributed by atoms with E-state index in [0.29, 0.717) is 11.1 Å². The molecule has 1 aliphatic rings. The lowest BCUT2D eigenvalue weighted by molar-refractivity contribution is 0.103. The number of fused-ring (bicyclic) bond motifs is 4. The van der Waals surface area contributed by atoms with Gasteiger partial charge in [0.1, 0.15) is 0 Å². The molecule has 6 rings (SSSR count). The molecule has 0 fully saturated rings. The molecular weight excluding hydrogens is 422 g/mol. The molecule has 0 bridgehead atoms. The van der Waals surface area contributed by atoms with Crippen molar-refractivity contribution in [3.8, 4) is 0 Å². The molecule has 160 valence electrons. The van der Waals surface area contributed by atoms with Crippen molar-refractivity contribution < 1.29 is 4.79 Å². The third-order valence-corrected chi connectivity index (χ3v) is 8.07. The third kappa shape index (κ3) is 3.04. The Morgan fingerprint density at radius 2 is 1.45 bits per heavy atom. The first-order valence-corrected chi connectivity index (χ1v) is 12.0. The summed E-state index contributed by atoms with van der Waals surface area (Å²) in [6.45, 7) is 4.62. The van der Waals surface area contributed by atoms with Crippen LogP contribution in [0.1, 0.15) is 40.2 Å². The van der Waals surface area contributed by atoms with E-state index in [-0.39, 0.29) is 11.2 Å². The number of nitrogens with zero attached hydrogens (tertiary/aromatic N) is 1. The van der Waals surface area contributed by atoms with Crippen LogP contribution in [-0.2, 0) is 5.41 Å². The first-order chi connectivity index (χ1) is 16.1. The van der Waals surface area contributed by atoms with Gasteiger partial charge in [0.05, 0.1) is 11.4 Å². The number of thiophene rings is 1. The van der Waals surface area contributed by atoms with Crippen LogP contribution in [0.15, 0.2) is 103 Å². The van der Waals surface area contributed by atoms with Gasteiger partial charge in [0, 0.05) is 37.2 Å². The molecule has 1 aromatic heterocycles. The molecule has 1 aliphatic heterocycles. The Balaban J connectivity index is 1.59. The Morgan fingerprint density at radius 3 is 2.30 bits per heavy atom. The van der Waals surface area contributed by atoms with Gasteiger partial charge in [0.2, 0.25) is 0 Å². The number of carbonyl (C=O) groups excluding carboxylic acids is 1. The van der Waals surface area contributed by atoms with Crippen LogP contribution < -0.4 is 4.90 Å². The highest BCUT2D eigenvalue weighted by atomic mass is 32.1. The summed E-state index contributed by atoms with van der Waals surface area (Å²) in [5.74, 6) is 0.0403. The van der Waals surface area contributed by atoms with Gasteiger partial charge in [0.25, 0.3) is 0 Å². The molecule has 0 radical (unpaired) electrons. The van der Waals surface area contributed by atoms with Gasteiger partial charge in [-0.3, -0.25) is 4.79 Å². The number of hydrogen-bond acceptors (Lipinski definition) is 3. The van der Waals surface area contributed by atoms with Crippen molar-refractivity contribution in [1.29, 1.82) is 0 Å². The Morgan fingerprint density at radius 1 is 0.758 bits per heavy atom. The molecule has 0 aliphatic carbocycles. The summed E-state index contributed by atoms with van der Waals surface area (Å²) in [6.07, 6.45) is 0. The van der Waals surface area contributed by atoms with Gasteiger partial charge < -0.3 is 4.90 Å². The zero-order valence-corrected chi connectivity index (χ0v) is 19.4. The molecule has 0 amide bonds. The summed E-state index contributed by atoms with van der Waals surface area (Å²) < 4.78 is 1.28. The highest BCUT2D eigenvalue weighted by Gasteiger charge is 2.39. The van der Waals surface area contributed by atoms with Crippen LogP contribution in [0.3, 0.4) is 0 Å². The molecule has 4 aromatic carbocycles. The molecule has 0 saturated carbocycles. The zero-order chi connectivity index (χ0) is 22.6. The largest absolute Gasteiger partial charge is 0.308 e. The van der Waals surface area contributed by atoms with E-state index < -0.39 is 0 Å². The summed E-state index contributed by atoms with van der Waals surface area (Å²) in [6, 6.07) is 34.8. The number of carbonyl (C=O) groups is 1. The number of rotatable bonds is 3. The molecule has 0 atom stereocenters. The minimum atomic E-state index is -0.108. The molecule has 0 unspecified atom stereocenters. The average Bonchev–Trinajstić information content (AvgIpc) is 3.25. The van der Waals surface area contributed by atoms with Crippen molar-refractivity contribution in [2.75, 3.05) is 4.90 Å². The van der Waals surface area contributed by atoms with E-state index in [9.17, 15) is 4.79 Å². The molecule has 0 spiro atoms. The van der Waals surface area contributed by atoms with Gasteiger partial charge in [-0.05, 0) is 29.8 Å². The quantitative estimate of drug-likeness (QED) is 0.261. The van der Waals surface area contributed by atoms with E-state index in [4.69, 9.17) is 0 Å². The van der Waals surface area contributed by atoms with Gasteiger partial charge in [0.15, 0.2) is 5.78 Å². The van der Waals surface area contributed by atoms with E-state index in [1.54, 1.807) is 0 Å². The van der Waals surface area contributed by atoms with Crippen LogP contribution in [-0.4, -0.2) is 5.78 Å². The lowest BCUT2D eigenvalue weighted by Crippen LogP contribution is -2.29. The summed E-state index contributed by atoms with van der Waals surface area (Å²) in [4.78, 5) is 16.9. The van der Waals surface area contributed by atoms with Gasteiger partial charge in [-0.1, -0.05) is 92.7 Å². The van der Waals surface area contributed by atoms with Crippen molar-refractivity contribution in [1.82, 2.24) is 0 Å². The maximum Gasteiger partial charge on any atom is 0.193 e. The molecule has 2 heterocycles. The summed E-state index contributed by atoms with van der Waals surface area (Å²) in [5, 5.41) is 1.25. The number of benzene rings is 4. The minimum absolute atomic E-state index is 0.0403. The number of hydrogen-bond donors (Lipinski definition) is 0. The van der Waals surface area contributed by atoms with Crippen molar-refractivity contribution in [2.24, 2.45) is 0 Å². The van der Waals surface area contributed by atoms with Crippen LogP contribution in [0.5, 0.6) is 0 Å². The molecule has 0 saturated heterocycles. The first-order valence-electron chi connectivity index (χ1n) is 11.2. The highest BCUT2D eigenvalue weighted by Crippen LogP contribution is 2.57. The fraction of sp³-hybridized carbons (Fsp3) is 0.100. The Hall–Kier alpha value is -3.69. The number of ketones is 1. The molecule has 2 nitrogen and oxygen atoms in total. The Bertz CT molecular complexity index is 1510. The van der Waals surface area contributed by atoms with E-state index in [1.165, 1.54) is 31.9 Å². The molecular formula is C30H23NOS. The Kier molecular flexibility index (Phi) is 4.49. The SMILES string of the molecule is CC1(C)c2ccccc2N(c2cccc(C(=O)c3ccccc3)c2)c2c1sc1ccccc21. The zero-order valence-electron chi connectivity index (χ0n) is 18.6. The van der Waals surface area contributed by atoms with Crippen molar-refractivity contribution in [3.05, 3.63) is 125 Å². The van der Waals surface area contributed by atoms with Gasteiger partial charge >= 0.3 is 0 Å². The van der Waals surface area contributed by atoms with Crippen molar-refractivity contribution >= 4 is 44.3 Å². The average molecular weight is 446 g/mol. The summed E-state index contributed by atoms with van der Waals surface area (Å²) in [7, 11) is 0. The normalized spacial score (nSPS) is 14.1. The maximum atomic E-state index is 13.2.